The smallest absolute Gasteiger partial charge is 0.220 e. The fourth-order valence-corrected chi connectivity index (χ4v) is 3.38. The molecule has 5 heteroatoms. The van der Waals surface area contributed by atoms with Crippen molar-refractivity contribution in [2.45, 2.75) is 39.0 Å². The van der Waals surface area contributed by atoms with Crippen LogP contribution in [0, 0.1) is 5.92 Å². The molecular weight excluding hydrogens is 331 g/mol. The quantitative estimate of drug-likeness (QED) is 0.743. The molecule has 0 aliphatic carbocycles. The first-order valence-corrected chi connectivity index (χ1v) is 9.23. The maximum atomic E-state index is 11.9. The molecule has 1 aliphatic rings. The fraction of sp³-hybridized carbons (Fsp3) is 0.611. The van der Waals surface area contributed by atoms with Gasteiger partial charge in [0.05, 0.1) is 10.0 Å². The second-order valence-corrected chi connectivity index (χ2v) is 7.31. The van der Waals surface area contributed by atoms with E-state index < -0.39 is 0 Å². The molecule has 0 aromatic heterocycles. The van der Waals surface area contributed by atoms with E-state index in [4.69, 9.17) is 23.2 Å². The van der Waals surface area contributed by atoms with Gasteiger partial charge in [0, 0.05) is 19.5 Å². The number of likely N-dealkylation sites (tertiary alicyclic amines) is 1. The van der Waals surface area contributed by atoms with Gasteiger partial charge in [0.2, 0.25) is 5.91 Å². The van der Waals surface area contributed by atoms with Crippen molar-refractivity contribution in [2.75, 3.05) is 26.2 Å². The molecule has 0 radical (unpaired) electrons. The van der Waals surface area contributed by atoms with E-state index >= 15 is 0 Å². The van der Waals surface area contributed by atoms with Crippen molar-refractivity contribution in [3.63, 3.8) is 0 Å². The Morgan fingerprint density at radius 3 is 2.91 bits per heavy atom. The van der Waals surface area contributed by atoms with Crippen molar-refractivity contribution >= 4 is 29.1 Å². The first-order valence-electron chi connectivity index (χ1n) is 8.47. The molecule has 3 nitrogen and oxygen atoms in total. The molecule has 1 fully saturated rings. The molecule has 23 heavy (non-hydrogen) atoms. The van der Waals surface area contributed by atoms with Gasteiger partial charge in [0.25, 0.3) is 0 Å². The average molecular weight is 357 g/mol. The average Bonchev–Trinajstić information content (AvgIpc) is 2.53. The van der Waals surface area contributed by atoms with Gasteiger partial charge in [0.1, 0.15) is 0 Å². The molecule has 0 spiro atoms. The minimum absolute atomic E-state index is 0.100. The van der Waals surface area contributed by atoms with Crippen molar-refractivity contribution in [3.05, 3.63) is 33.8 Å². The molecule has 1 aromatic rings. The third kappa shape index (κ3) is 6.70. The number of nitrogens with zero attached hydrogens (tertiary/aromatic N) is 1. The predicted octanol–water partition coefficient (Wildman–Crippen LogP) is 4.16. The largest absolute Gasteiger partial charge is 0.356 e. The predicted molar refractivity (Wildman–Crippen MR) is 97.2 cm³/mol. The van der Waals surface area contributed by atoms with Gasteiger partial charge in [0.15, 0.2) is 0 Å². The number of aryl methyl sites for hydroxylation is 1. The van der Waals surface area contributed by atoms with Crippen LogP contribution < -0.4 is 5.32 Å². The fourth-order valence-electron chi connectivity index (χ4n) is 3.06. The summed E-state index contributed by atoms with van der Waals surface area (Å²) in [6.07, 6.45) is 4.84. The van der Waals surface area contributed by atoms with E-state index in [2.05, 4.69) is 17.1 Å². The Morgan fingerprint density at radius 2 is 2.17 bits per heavy atom. The zero-order valence-electron chi connectivity index (χ0n) is 13.8. The van der Waals surface area contributed by atoms with Crippen LogP contribution in [0.25, 0.3) is 0 Å². The maximum absolute atomic E-state index is 11.9. The lowest BCUT2D eigenvalue weighted by Crippen LogP contribution is -2.36. The summed E-state index contributed by atoms with van der Waals surface area (Å²) in [5.74, 6) is 0.910. The maximum Gasteiger partial charge on any atom is 0.220 e. The van der Waals surface area contributed by atoms with Crippen LogP contribution >= 0.6 is 23.2 Å². The summed E-state index contributed by atoms with van der Waals surface area (Å²) >= 11 is 11.9. The van der Waals surface area contributed by atoms with Crippen LogP contribution in [0.4, 0.5) is 0 Å². The Morgan fingerprint density at radius 1 is 1.35 bits per heavy atom. The molecule has 1 heterocycles. The molecule has 0 bridgehead atoms. The summed E-state index contributed by atoms with van der Waals surface area (Å²) in [4.78, 5) is 14.4. The number of halogens is 2. The number of piperidine rings is 1. The van der Waals surface area contributed by atoms with Crippen molar-refractivity contribution in [3.8, 4) is 0 Å². The lowest BCUT2D eigenvalue weighted by Gasteiger charge is -2.30. The molecule has 1 aliphatic heterocycles. The second kappa shape index (κ2) is 9.51. The summed E-state index contributed by atoms with van der Waals surface area (Å²) in [5, 5.41) is 4.10. The Balaban J connectivity index is 1.58. The minimum atomic E-state index is 0.100. The van der Waals surface area contributed by atoms with E-state index in [-0.39, 0.29) is 5.91 Å². The molecule has 1 N–H and O–H groups in total. The number of rotatable bonds is 7. The van der Waals surface area contributed by atoms with Crippen molar-refractivity contribution in [1.29, 1.82) is 0 Å². The number of hydrogen-bond donors (Lipinski definition) is 1. The summed E-state index contributed by atoms with van der Waals surface area (Å²) in [6.45, 7) is 6.56. The highest BCUT2D eigenvalue weighted by Gasteiger charge is 2.15. The number of amides is 1. The monoisotopic (exact) mass is 356 g/mol. The van der Waals surface area contributed by atoms with Crippen LogP contribution in [0.1, 0.15) is 38.2 Å². The third-order valence-corrected chi connectivity index (χ3v) is 5.08. The normalized spacial score (nSPS) is 18.8. The molecule has 1 atom stereocenters. The third-order valence-electron chi connectivity index (χ3n) is 4.34. The standard InChI is InChI=1S/C18H26Cl2N2O/c1-14-4-2-10-22(13-14)11-3-9-21-18(23)8-6-15-5-7-16(19)17(20)12-15/h5,7,12,14H,2-4,6,8-11,13H2,1H3,(H,21,23)/t14-/m1/s1. The Hall–Kier alpha value is -0.770. The Bertz CT molecular complexity index is 522. The highest BCUT2D eigenvalue weighted by atomic mass is 35.5. The SMILES string of the molecule is C[C@@H]1CCCN(CCCNC(=O)CCc2ccc(Cl)c(Cl)c2)C1. The van der Waals surface area contributed by atoms with E-state index in [1.165, 1.54) is 25.9 Å². The number of carbonyl (C=O) groups excluding carboxylic acids is 1. The molecule has 1 aromatic carbocycles. The Labute approximate surface area is 149 Å². The molecule has 0 saturated carbocycles. The molecule has 0 unspecified atom stereocenters. The van der Waals surface area contributed by atoms with Crippen LogP contribution in [0.3, 0.4) is 0 Å². The van der Waals surface area contributed by atoms with Gasteiger partial charge in [-0.2, -0.15) is 0 Å². The summed E-state index contributed by atoms with van der Waals surface area (Å²) in [6, 6.07) is 5.52. The first-order chi connectivity index (χ1) is 11.0. The lowest BCUT2D eigenvalue weighted by atomic mass is 10.0. The molecular formula is C18H26Cl2N2O. The van der Waals surface area contributed by atoms with Gasteiger partial charge >= 0.3 is 0 Å². The zero-order chi connectivity index (χ0) is 16.7. The van der Waals surface area contributed by atoms with Gasteiger partial charge < -0.3 is 10.2 Å². The van der Waals surface area contributed by atoms with Crippen molar-refractivity contribution < 1.29 is 4.79 Å². The van der Waals surface area contributed by atoms with Gasteiger partial charge in [-0.15, -0.1) is 0 Å². The Kier molecular flexibility index (Phi) is 7.68. The topological polar surface area (TPSA) is 32.3 Å². The minimum Gasteiger partial charge on any atom is -0.356 e. The number of hydrogen-bond acceptors (Lipinski definition) is 2. The van der Waals surface area contributed by atoms with Crippen LogP contribution in [0.5, 0.6) is 0 Å². The first kappa shape index (κ1) is 18.6. The summed E-state index contributed by atoms with van der Waals surface area (Å²) < 4.78 is 0. The highest BCUT2D eigenvalue weighted by Crippen LogP contribution is 2.23. The lowest BCUT2D eigenvalue weighted by molar-refractivity contribution is -0.121. The van der Waals surface area contributed by atoms with E-state index in [1.807, 2.05) is 12.1 Å². The molecule has 1 amide bonds. The van der Waals surface area contributed by atoms with Gasteiger partial charge in [-0.1, -0.05) is 36.2 Å². The summed E-state index contributed by atoms with van der Waals surface area (Å²) in [7, 11) is 0. The molecule has 128 valence electrons. The van der Waals surface area contributed by atoms with Crippen LogP contribution in [0.15, 0.2) is 18.2 Å². The van der Waals surface area contributed by atoms with E-state index in [0.29, 0.717) is 22.9 Å². The number of nitrogens with one attached hydrogen (secondary N) is 1. The summed E-state index contributed by atoms with van der Waals surface area (Å²) in [5.41, 5.74) is 1.04. The number of carbonyl (C=O) groups is 1. The molecule has 1 saturated heterocycles. The van der Waals surface area contributed by atoms with E-state index in [1.54, 1.807) is 6.07 Å². The zero-order valence-corrected chi connectivity index (χ0v) is 15.3. The molecule has 2 rings (SSSR count). The van der Waals surface area contributed by atoms with E-state index in [0.717, 1.165) is 31.0 Å². The highest BCUT2D eigenvalue weighted by molar-refractivity contribution is 6.42. The van der Waals surface area contributed by atoms with Crippen LogP contribution in [-0.4, -0.2) is 37.0 Å². The van der Waals surface area contributed by atoms with Crippen LogP contribution in [-0.2, 0) is 11.2 Å². The number of benzene rings is 1. The van der Waals surface area contributed by atoms with Gasteiger partial charge in [-0.05, 0) is 62.4 Å². The van der Waals surface area contributed by atoms with Gasteiger partial charge in [-0.25, -0.2) is 0 Å². The van der Waals surface area contributed by atoms with Crippen LogP contribution in [0.2, 0.25) is 10.0 Å². The second-order valence-electron chi connectivity index (χ2n) is 6.50. The van der Waals surface area contributed by atoms with Crippen molar-refractivity contribution in [2.24, 2.45) is 5.92 Å². The van der Waals surface area contributed by atoms with Crippen molar-refractivity contribution in [1.82, 2.24) is 10.2 Å². The van der Waals surface area contributed by atoms with Gasteiger partial charge in [-0.3, -0.25) is 4.79 Å². The van der Waals surface area contributed by atoms with E-state index in [9.17, 15) is 4.79 Å².